The van der Waals surface area contributed by atoms with Crippen molar-refractivity contribution in [3.05, 3.63) is 70.7 Å². The lowest BCUT2D eigenvalue weighted by Crippen LogP contribution is -2.34. The second kappa shape index (κ2) is 7.81. The van der Waals surface area contributed by atoms with Gasteiger partial charge in [0.2, 0.25) is 5.91 Å². The van der Waals surface area contributed by atoms with Gasteiger partial charge in [-0.3, -0.25) is 9.59 Å². The number of hydrogen-bond donors (Lipinski definition) is 3. The van der Waals surface area contributed by atoms with E-state index in [4.69, 9.17) is 11.5 Å². The molecule has 6 nitrogen and oxygen atoms in total. The molecule has 0 saturated carbocycles. The molecule has 0 unspecified atom stereocenters. The first-order valence-electron chi connectivity index (χ1n) is 8.42. The number of nitrogens with two attached hydrogens (primary N) is 2. The van der Waals surface area contributed by atoms with Gasteiger partial charge in [-0.2, -0.15) is 0 Å². The lowest BCUT2D eigenvalue weighted by molar-refractivity contribution is -0.113. The molecule has 1 heterocycles. The highest BCUT2D eigenvalue weighted by Gasteiger charge is 2.29. The Labute approximate surface area is 158 Å². The van der Waals surface area contributed by atoms with Crippen molar-refractivity contribution in [2.75, 3.05) is 5.32 Å². The average Bonchev–Trinajstić information content (AvgIpc) is 2.65. The summed E-state index contributed by atoms with van der Waals surface area (Å²) >= 11 is 0. The van der Waals surface area contributed by atoms with Crippen molar-refractivity contribution in [2.24, 2.45) is 11.5 Å². The lowest BCUT2D eigenvalue weighted by Gasteiger charge is -2.28. The van der Waals surface area contributed by atoms with Crippen LogP contribution in [-0.4, -0.2) is 22.8 Å². The minimum atomic E-state index is -1.27. The molecule has 1 aliphatic rings. The van der Waals surface area contributed by atoms with E-state index in [-0.39, 0.29) is 29.8 Å². The number of nitrogens with zero attached hydrogens (tertiary/aromatic N) is 1. The summed E-state index contributed by atoms with van der Waals surface area (Å²) in [6.45, 7) is 0. The summed E-state index contributed by atoms with van der Waals surface area (Å²) in [7, 11) is 0. The minimum absolute atomic E-state index is 0.0224. The van der Waals surface area contributed by atoms with Gasteiger partial charge in [-0.05, 0) is 36.6 Å². The van der Waals surface area contributed by atoms with Crippen LogP contribution in [0.2, 0.25) is 0 Å². The van der Waals surface area contributed by atoms with Crippen LogP contribution in [0.25, 0.3) is 0 Å². The summed E-state index contributed by atoms with van der Waals surface area (Å²) in [6.07, 6.45) is 3.14. The van der Waals surface area contributed by atoms with Crippen molar-refractivity contribution >= 4 is 17.6 Å². The molecule has 0 bridgehead atoms. The van der Waals surface area contributed by atoms with Gasteiger partial charge in [0, 0.05) is 29.8 Å². The number of carbonyl (C=O) groups is 2. The van der Waals surface area contributed by atoms with Crippen LogP contribution in [0, 0.1) is 17.5 Å². The van der Waals surface area contributed by atoms with Gasteiger partial charge in [0.1, 0.15) is 11.6 Å². The zero-order valence-electron chi connectivity index (χ0n) is 14.6. The third-order valence-corrected chi connectivity index (χ3v) is 4.61. The molecular weight excluding hydrogens is 373 g/mol. The van der Waals surface area contributed by atoms with Crippen molar-refractivity contribution in [3.8, 4) is 0 Å². The minimum Gasteiger partial charge on any atom is -0.366 e. The van der Waals surface area contributed by atoms with Gasteiger partial charge in [-0.15, -0.1) is 0 Å². The molecule has 1 aromatic heterocycles. The number of pyridine rings is 1. The standard InChI is InChI=1S/C19H17F3N4O2/c20-13-7-15(22)14(21)6-12(13)11-3-1-9(5-16(11)23)19(28)26-17-4-2-10(8-25-17)18(24)27/h1-2,4,6-8,11,16H,3,5,23H2,(H2,24,27)(H,25,26,28)/t11-,16+/m1/s1. The maximum Gasteiger partial charge on any atom is 0.252 e. The molecular formula is C19H17F3N4O2. The number of aromatic nitrogens is 1. The fourth-order valence-corrected chi connectivity index (χ4v) is 3.10. The predicted octanol–water partition coefficient (Wildman–Crippen LogP) is 2.37. The fraction of sp³-hybridized carbons (Fsp3) is 0.211. The Morgan fingerprint density at radius 3 is 2.43 bits per heavy atom. The van der Waals surface area contributed by atoms with Crippen molar-refractivity contribution in [3.63, 3.8) is 0 Å². The van der Waals surface area contributed by atoms with Crippen LogP contribution in [0.1, 0.15) is 34.7 Å². The highest BCUT2D eigenvalue weighted by molar-refractivity contribution is 6.03. The number of hydrogen-bond acceptors (Lipinski definition) is 4. The topological polar surface area (TPSA) is 111 Å². The summed E-state index contributed by atoms with van der Waals surface area (Å²) in [5, 5.41) is 2.57. The summed E-state index contributed by atoms with van der Waals surface area (Å²) in [5.41, 5.74) is 11.7. The van der Waals surface area contributed by atoms with Gasteiger partial charge in [0.25, 0.3) is 5.91 Å². The third kappa shape index (κ3) is 4.04. The average molecular weight is 390 g/mol. The van der Waals surface area contributed by atoms with Crippen LogP contribution in [-0.2, 0) is 4.79 Å². The summed E-state index contributed by atoms with van der Waals surface area (Å²) < 4.78 is 40.6. The Kier molecular flexibility index (Phi) is 5.46. The van der Waals surface area contributed by atoms with Crippen LogP contribution in [0.5, 0.6) is 0 Å². The molecule has 28 heavy (non-hydrogen) atoms. The largest absolute Gasteiger partial charge is 0.366 e. The Hall–Kier alpha value is -3.20. The molecule has 1 aromatic carbocycles. The SMILES string of the molecule is NC(=O)c1ccc(NC(=O)C2=CC[C@H](c3cc(F)c(F)cc3F)[C@@H](N)C2)nc1. The lowest BCUT2D eigenvalue weighted by atomic mass is 9.80. The van der Waals surface area contributed by atoms with E-state index in [1.165, 1.54) is 18.3 Å². The second-order valence-electron chi connectivity index (χ2n) is 6.48. The molecule has 0 radical (unpaired) electrons. The van der Waals surface area contributed by atoms with E-state index in [0.717, 1.165) is 6.07 Å². The number of primary amides is 1. The normalized spacial score (nSPS) is 19.1. The number of amides is 2. The molecule has 0 fully saturated rings. The van der Waals surface area contributed by atoms with E-state index in [1.54, 1.807) is 6.08 Å². The van der Waals surface area contributed by atoms with E-state index in [0.29, 0.717) is 11.6 Å². The highest BCUT2D eigenvalue weighted by atomic mass is 19.2. The first kappa shape index (κ1) is 19.6. The van der Waals surface area contributed by atoms with Crippen molar-refractivity contribution in [1.29, 1.82) is 0 Å². The van der Waals surface area contributed by atoms with Crippen LogP contribution >= 0.6 is 0 Å². The fourth-order valence-electron chi connectivity index (χ4n) is 3.10. The zero-order chi connectivity index (χ0) is 20.4. The molecule has 3 rings (SSSR count). The third-order valence-electron chi connectivity index (χ3n) is 4.61. The molecule has 2 aromatic rings. The first-order valence-corrected chi connectivity index (χ1v) is 8.42. The van der Waals surface area contributed by atoms with Gasteiger partial charge >= 0.3 is 0 Å². The first-order chi connectivity index (χ1) is 13.3. The highest BCUT2D eigenvalue weighted by Crippen LogP contribution is 2.34. The van der Waals surface area contributed by atoms with Crippen molar-refractivity contribution in [1.82, 2.24) is 4.98 Å². The number of halogens is 3. The molecule has 0 saturated heterocycles. The molecule has 0 spiro atoms. The quantitative estimate of drug-likeness (QED) is 0.696. The molecule has 5 N–H and O–H groups in total. The van der Waals surface area contributed by atoms with Gasteiger partial charge in [-0.1, -0.05) is 6.08 Å². The maximum atomic E-state index is 14.0. The van der Waals surface area contributed by atoms with Gasteiger partial charge < -0.3 is 16.8 Å². The monoisotopic (exact) mass is 390 g/mol. The Morgan fingerprint density at radius 2 is 1.82 bits per heavy atom. The Morgan fingerprint density at radius 1 is 1.11 bits per heavy atom. The second-order valence-corrected chi connectivity index (χ2v) is 6.48. The van der Waals surface area contributed by atoms with E-state index in [1.807, 2.05) is 0 Å². The summed E-state index contributed by atoms with van der Waals surface area (Å²) in [4.78, 5) is 27.3. The van der Waals surface area contributed by atoms with Crippen molar-refractivity contribution < 1.29 is 22.8 Å². The Balaban J connectivity index is 1.72. The van der Waals surface area contributed by atoms with Crippen molar-refractivity contribution in [2.45, 2.75) is 24.8 Å². The molecule has 9 heteroatoms. The van der Waals surface area contributed by atoms with E-state index in [2.05, 4.69) is 10.3 Å². The summed E-state index contributed by atoms with van der Waals surface area (Å²) in [5.74, 6) is -4.74. The van der Waals surface area contributed by atoms with Crippen LogP contribution < -0.4 is 16.8 Å². The predicted molar refractivity (Wildman–Crippen MR) is 95.7 cm³/mol. The number of nitrogens with one attached hydrogen (secondary N) is 1. The smallest absolute Gasteiger partial charge is 0.252 e. The maximum absolute atomic E-state index is 14.0. The van der Waals surface area contributed by atoms with Gasteiger partial charge in [0.15, 0.2) is 11.6 Å². The van der Waals surface area contributed by atoms with E-state index >= 15 is 0 Å². The number of rotatable bonds is 4. The number of benzene rings is 1. The molecule has 2 atom stereocenters. The number of allylic oxidation sites excluding steroid dienone is 1. The number of anilines is 1. The Bertz CT molecular complexity index is 960. The molecule has 0 aliphatic heterocycles. The van der Waals surface area contributed by atoms with Crippen LogP contribution in [0.15, 0.2) is 42.1 Å². The molecule has 146 valence electrons. The molecule has 2 amide bonds. The van der Waals surface area contributed by atoms with Crippen LogP contribution in [0.4, 0.5) is 19.0 Å². The number of carbonyl (C=O) groups excluding carboxylic acids is 2. The zero-order valence-corrected chi connectivity index (χ0v) is 14.6. The van der Waals surface area contributed by atoms with Gasteiger partial charge in [0.05, 0.1) is 5.56 Å². The molecule has 1 aliphatic carbocycles. The van der Waals surface area contributed by atoms with E-state index in [9.17, 15) is 22.8 Å². The summed E-state index contributed by atoms with van der Waals surface area (Å²) in [6, 6.07) is 3.49. The van der Waals surface area contributed by atoms with E-state index < -0.39 is 41.2 Å². The van der Waals surface area contributed by atoms with Gasteiger partial charge in [-0.25, -0.2) is 18.2 Å². The van der Waals surface area contributed by atoms with Crippen LogP contribution in [0.3, 0.4) is 0 Å².